The summed E-state index contributed by atoms with van der Waals surface area (Å²) in [5.74, 6) is 1.33. The van der Waals surface area contributed by atoms with E-state index in [9.17, 15) is 4.79 Å². The number of aromatic nitrogens is 1. The maximum atomic E-state index is 12.4. The highest BCUT2D eigenvalue weighted by Crippen LogP contribution is 2.22. The molecule has 0 bridgehead atoms. The normalized spacial score (nSPS) is 21.2. The van der Waals surface area contributed by atoms with Crippen molar-refractivity contribution in [2.45, 2.75) is 31.8 Å². The second-order valence-corrected chi connectivity index (χ2v) is 5.71. The van der Waals surface area contributed by atoms with E-state index in [-0.39, 0.29) is 12.0 Å². The molecule has 1 aromatic heterocycles. The van der Waals surface area contributed by atoms with Gasteiger partial charge >= 0.3 is 0 Å². The zero-order valence-corrected chi connectivity index (χ0v) is 12.2. The van der Waals surface area contributed by atoms with Gasteiger partial charge in [0.15, 0.2) is 0 Å². The summed E-state index contributed by atoms with van der Waals surface area (Å²) in [7, 11) is 0. The number of ether oxygens (including phenoxy) is 2. The van der Waals surface area contributed by atoms with Crippen LogP contribution >= 0.6 is 0 Å². The van der Waals surface area contributed by atoms with E-state index in [1.165, 1.54) is 0 Å². The number of piperidine rings is 1. The Hall–Kier alpha value is -1.62. The number of hydrogen-bond donors (Lipinski definition) is 0. The minimum absolute atomic E-state index is 0.163. The summed E-state index contributed by atoms with van der Waals surface area (Å²) in [4.78, 5) is 18.4. The lowest BCUT2D eigenvalue weighted by Crippen LogP contribution is -2.45. The van der Waals surface area contributed by atoms with E-state index in [2.05, 4.69) is 4.98 Å². The molecule has 2 aliphatic rings. The highest BCUT2D eigenvalue weighted by molar-refractivity contribution is 5.79. The van der Waals surface area contributed by atoms with Crippen LogP contribution in [0.4, 0.5) is 0 Å². The lowest BCUT2D eigenvalue weighted by Gasteiger charge is -2.35. The molecule has 0 N–H and O–H groups in total. The van der Waals surface area contributed by atoms with Crippen molar-refractivity contribution >= 4 is 5.91 Å². The summed E-state index contributed by atoms with van der Waals surface area (Å²) in [6, 6.07) is 3.75. The third-order valence-corrected chi connectivity index (χ3v) is 4.28. The number of amides is 1. The predicted molar refractivity (Wildman–Crippen MR) is 78.0 cm³/mol. The molecule has 5 nitrogen and oxygen atoms in total. The first kappa shape index (κ1) is 14.3. The molecule has 1 amide bonds. The molecule has 0 radical (unpaired) electrons. The summed E-state index contributed by atoms with van der Waals surface area (Å²) in [6.07, 6.45) is 7.21. The monoisotopic (exact) mass is 290 g/mol. The van der Waals surface area contributed by atoms with Crippen molar-refractivity contribution in [2.75, 3.05) is 26.3 Å². The number of carbonyl (C=O) groups is 1. The predicted octanol–water partition coefficient (Wildman–Crippen LogP) is 1.88. The van der Waals surface area contributed by atoms with Crippen molar-refractivity contribution in [2.24, 2.45) is 5.92 Å². The maximum absolute atomic E-state index is 12.4. The van der Waals surface area contributed by atoms with Crippen LogP contribution in [0.15, 0.2) is 24.5 Å². The molecule has 0 saturated carbocycles. The van der Waals surface area contributed by atoms with E-state index in [1.54, 1.807) is 12.4 Å². The molecular weight excluding hydrogens is 268 g/mol. The Labute approximate surface area is 125 Å². The number of pyridine rings is 1. The van der Waals surface area contributed by atoms with Crippen LogP contribution in [0.5, 0.6) is 5.75 Å². The van der Waals surface area contributed by atoms with Crippen LogP contribution in [-0.2, 0) is 9.53 Å². The molecule has 3 rings (SSSR count). The smallest absolute Gasteiger partial charge is 0.225 e. The van der Waals surface area contributed by atoms with Crippen LogP contribution < -0.4 is 4.74 Å². The van der Waals surface area contributed by atoms with E-state index >= 15 is 0 Å². The molecule has 2 fully saturated rings. The van der Waals surface area contributed by atoms with Crippen LogP contribution in [0.3, 0.4) is 0 Å². The molecule has 2 aliphatic heterocycles. The molecule has 1 aromatic rings. The summed E-state index contributed by atoms with van der Waals surface area (Å²) in [5.41, 5.74) is 0. The standard InChI is InChI=1S/C16H22N2O3/c19-16(13-5-11-20-12-6-13)18-9-3-15(4-10-18)21-14-1-7-17-8-2-14/h1-2,7-8,13,15H,3-6,9-12H2. The molecule has 0 atom stereocenters. The number of nitrogens with zero attached hydrogens (tertiary/aromatic N) is 2. The van der Waals surface area contributed by atoms with Gasteiger partial charge in [0.1, 0.15) is 11.9 Å². The summed E-state index contributed by atoms with van der Waals surface area (Å²) < 4.78 is 11.3. The SMILES string of the molecule is O=C(C1CCOCC1)N1CCC(Oc2ccncc2)CC1. The Balaban J connectivity index is 1.47. The molecule has 3 heterocycles. The minimum atomic E-state index is 0.163. The molecule has 5 heteroatoms. The summed E-state index contributed by atoms with van der Waals surface area (Å²) >= 11 is 0. The fourth-order valence-electron chi connectivity index (χ4n) is 3.01. The Kier molecular flexibility index (Phi) is 4.70. The molecule has 2 saturated heterocycles. The number of rotatable bonds is 3. The van der Waals surface area contributed by atoms with Crippen molar-refractivity contribution in [1.29, 1.82) is 0 Å². The fraction of sp³-hybridized carbons (Fsp3) is 0.625. The first-order chi connectivity index (χ1) is 10.3. The van der Waals surface area contributed by atoms with Gasteiger partial charge in [0, 0.05) is 57.5 Å². The maximum Gasteiger partial charge on any atom is 0.225 e. The average Bonchev–Trinajstić information content (AvgIpc) is 2.57. The van der Waals surface area contributed by atoms with Gasteiger partial charge in [-0.05, 0) is 25.0 Å². The zero-order chi connectivity index (χ0) is 14.5. The van der Waals surface area contributed by atoms with Crippen molar-refractivity contribution in [3.05, 3.63) is 24.5 Å². The second kappa shape index (κ2) is 6.89. The lowest BCUT2D eigenvalue weighted by atomic mass is 9.97. The fourth-order valence-corrected chi connectivity index (χ4v) is 3.01. The molecule has 0 spiro atoms. The van der Waals surface area contributed by atoms with E-state index < -0.39 is 0 Å². The van der Waals surface area contributed by atoms with Crippen LogP contribution in [-0.4, -0.2) is 48.2 Å². The zero-order valence-electron chi connectivity index (χ0n) is 12.2. The van der Waals surface area contributed by atoms with Crippen molar-refractivity contribution < 1.29 is 14.3 Å². The van der Waals surface area contributed by atoms with Crippen LogP contribution in [0, 0.1) is 5.92 Å². The average molecular weight is 290 g/mol. The Morgan fingerprint density at radius 1 is 1.14 bits per heavy atom. The van der Waals surface area contributed by atoms with Crippen LogP contribution in [0.1, 0.15) is 25.7 Å². The van der Waals surface area contributed by atoms with E-state index in [0.29, 0.717) is 5.91 Å². The van der Waals surface area contributed by atoms with Gasteiger partial charge in [-0.15, -0.1) is 0 Å². The van der Waals surface area contributed by atoms with Gasteiger partial charge in [0.05, 0.1) is 0 Å². The van der Waals surface area contributed by atoms with Gasteiger partial charge in [-0.25, -0.2) is 0 Å². The van der Waals surface area contributed by atoms with Gasteiger partial charge in [0.2, 0.25) is 5.91 Å². The molecule has 0 aromatic carbocycles. The van der Waals surface area contributed by atoms with Gasteiger partial charge < -0.3 is 14.4 Å². The number of carbonyl (C=O) groups excluding carboxylic acids is 1. The Morgan fingerprint density at radius 2 is 1.81 bits per heavy atom. The van der Waals surface area contributed by atoms with E-state index in [1.807, 2.05) is 17.0 Å². The summed E-state index contributed by atoms with van der Waals surface area (Å²) in [6.45, 7) is 3.04. The summed E-state index contributed by atoms with van der Waals surface area (Å²) in [5, 5.41) is 0. The van der Waals surface area contributed by atoms with Gasteiger partial charge in [-0.3, -0.25) is 9.78 Å². The highest BCUT2D eigenvalue weighted by Gasteiger charge is 2.29. The topological polar surface area (TPSA) is 51.7 Å². The van der Waals surface area contributed by atoms with Crippen LogP contribution in [0.25, 0.3) is 0 Å². The molecule has 0 unspecified atom stereocenters. The Bertz CT molecular complexity index is 452. The van der Waals surface area contributed by atoms with Crippen LogP contribution in [0.2, 0.25) is 0 Å². The van der Waals surface area contributed by atoms with E-state index in [4.69, 9.17) is 9.47 Å². The first-order valence-electron chi connectivity index (χ1n) is 7.76. The van der Waals surface area contributed by atoms with Crippen molar-refractivity contribution in [3.63, 3.8) is 0 Å². The lowest BCUT2D eigenvalue weighted by molar-refractivity contribution is -0.140. The highest BCUT2D eigenvalue weighted by atomic mass is 16.5. The molecular formula is C16H22N2O3. The molecule has 0 aliphatic carbocycles. The molecule has 21 heavy (non-hydrogen) atoms. The second-order valence-electron chi connectivity index (χ2n) is 5.71. The Morgan fingerprint density at radius 3 is 2.48 bits per heavy atom. The number of hydrogen-bond acceptors (Lipinski definition) is 4. The van der Waals surface area contributed by atoms with Crippen molar-refractivity contribution in [3.8, 4) is 5.75 Å². The number of likely N-dealkylation sites (tertiary alicyclic amines) is 1. The first-order valence-corrected chi connectivity index (χ1v) is 7.76. The van der Waals surface area contributed by atoms with E-state index in [0.717, 1.165) is 57.7 Å². The van der Waals surface area contributed by atoms with Crippen molar-refractivity contribution in [1.82, 2.24) is 9.88 Å². The third-order valence-electron chi connectivity index (χ3n) is 4.28. The van der Waals surface area contributed by atoms with Gasteiger partial charge in [-0.1, -0.05) is 0 Å². The third kappa shape index (κ3) is 3.73. The van der Waals surface area contributed by atoms with Gasteiger partial charge in [0.25, 0.3) is 0 Å². The van der Waals surface area contributed by atoms with Gasteiger partial charge in [-0.2, -0.15) is 0 Å². The largest absolute Gasteiger partial charge is 0.490 e. The molecule has 114 valence electrons. The quantitative estimate of drug-likeness (QED) is 0.853. The minimum Gasteiger partial charge on any atom is -0.490 e.